The van der Waals surface area contributed by atoms with Gasteiger partial charge >= 0.3 is 5.97 Å². The first-order valence-corrected chi connectivity index (χ1v) is 5.78. The van der Waals surface area contributed by atoms with Gasteiger partial charge in [-0.15, -0.1) is 0 Å². The quantitative estimate of drug-likeness (QED) is 0.865. The van der Waals surface area contributed by atoms with Crippen molar-refractivity contribution in [2.45, 2.75) is 33.1 Å². The fourth-order valence-electron chi connectivity index (χ4n) is 1.57. The summed E-state index contributed by atoms with van der Waals surface area (Å²) >= 11 is 6.16. The molecule has 1 heterocycles. The molecular formula is C11H17ClN2O2. The number of hydrogen-bond donors (Lipinski definition) is 1. The Hall–Kier alpha value is -1.03. The van der Waals surface area contributed by atoms with Crippen LogP contribution >= 0.6 is 11.6 Å². The number of hydrogen-bond acceptors (Lipinski definition) is 2. The molecule has 1 aromatic heterocycles. The molecule has 0 saturated heterocycles. The van der Waals surface area contributed by atoms with Crippen LogP contribution < -0.4 is 0 Å². The fraction of sp³-hybridized carbons (Fsp3) is 0.636. The number of carbonyl (C=O) groups is 1. The number of halogens is 1. The maximum atomic E-state index is 10.7. The molecule has 5 heteroatoms. The topological polar surface area (TPSA) is 55.1 Å². The average Bonchev–Trinajstić information content (AvgIpc) is 2.51. The van der Waals surface area contributed by atoms with Gasteiger partial charge in [0, 0.05) is 7.05 Å². The number of nitrogens with zero attached hydrogens (tertiary/aromatic N) is 2. The maximum Gasteiger partial charge on any atom is 0.306 e. The molecule has 0 saturated carbocycles. The number of aryl methyl sites for hydroxylation is 2. The third-order valence-electron chi connectivity index (χ3n) is 2.74. The molecule has 1 unspecified atom stereocenters. The summed E-state index contributed by atoms with van der Waals surface area (Å²) in [5.41, 5.74) is 1.80. The Bertz CT molecular complexity index is 388. The Balaban J connectivity index is 2.74. The highest BCUT2D eigenvalue weighted by Crippen LogP contribution is 2.23. The molecule has 1 N–H and O–H groups in total. The van der Waals surface area contributed by atoms with Crippen LogP contribution in [0.15, 0.2) is 0 Å². The largest absolute Gasteiger partial charge is 0.481 e. The summed E-state index contributed by atoms with van der Waals surface area (Å²) in [6, 6.07) is 0. The highest BCUT2D eigenvalue weighted by atomic mass is 35.5. The number of rotatable bonds is 5. The number of aromatic nitrogens is 2. The lowest BCUT2D eigenvalue weighted by Gasteiger charge is -2.06. The van der Waals surface area contributed by atoms with E-state index < -0.39 is 5.97 Å². The van der Waals surface area contributed by atoms with E-state index in [1.807, 2.05) is 14.0 Å². The summed E-state index contributed by atoms with van der Waals surface area (Å²) < 4.78 is 1.75. The van der Waals surface area contributed by atoms with Crippen molar-refractivity contribution in [3.63, 3.8) is 0 Å². The summed E-state index contributed by atoms with van der Waals surface area (Å²) in [5.74, 6) is -1.12. The first-order chi connectivity index (χ1) is 7.47. The van der Waals surface area contributed by atoms with E-state index in [0.717, 1.165) is 17.8 Å². The standard InChI is InChI=1S/C11H17ClN2O2/c1-4-8-10(12)9(14(3)13-8)6-5-7(2)11(15)16/h7H,4-6H2,1-3H3,(H,15,16). The normalized spacial score (nSPS) is 12.8. The maximum absolute atomic E-state index is 10.7. The molecule has 0 aliphatic heterocycles. The molecular weight excluding hydrogens is 228 g/mol. The van der Waals surface area contributed by atoms with Crippen LogP contribution in [0.5, 0.6) is 0 Å². The summed E-state index contributed by atoms with van der Waals surface area (Å²) in [5, 5.41) is 13.8. The number of carboxylic acids is 1. The van der Waals surface area contributed by atoms with Crippen molar-refractivity contribution < 1.29 is 9.90 Å². The van der Waals surface area contributed by atoms with Gasteiger partial charge < -0.3 is 5.11 Å². The van der Waals surface area contributed by atoms with E-state index >= 15 is 0 Å². The predicted octanol–water partition coefficient (Wildman–Crippen LogP) is 2.29. The van der Waals surface area contributed by atoms with Crippen LogP contribution in [0.3, 0.4) is 0 Å². The second-order valence-electron chi connectivity index (χ2n) is 3.96. The van der Waals surface area contributed by atoms with Crippen molar-refractivity contribution in [2.24, 2.45) is 13.0 Å². The molecule has 0 radical (unpaired) electrons. The number of aliphatic carboxylic acids is 1. The molecule has 1 rings (SSSR count). The van der Waals surface area contributed by atoms with Crippen molar-refractivity contribution in [1.29, 1.82) is 0 Å². The third kappa shape index (κ3) is 2.76. The van der Waals surface area contributed by atoms with Crippen LogP contribution in [0, 0.1) is 5.92 Å². The summed E-state index contributed by atoms with van der Waals surface area (Å²) in [4.78, 5) is 10.7. The van der Waals surface area contributed by atoms with Crippen LogP contribution in [0.1, 0.15) is 31.7 Å². The lowest BCUT2D eigenvalue weighted by Crippen LogP contribution is -2.11. The Morgan fingerprint density at radius 1 is 1.62 bits per heavy atom. The van der Waals surface area contributed by atoms with Gasteiger partial charge in [0.15, 0.2) is 0 Å². The molecule has 0 fully saturated rings. The van der Waals surface area contributed by atoms with Crippen LogP contribution in [0.2, 0.25) is 5.02 Å². The summed E-state index contributed by atoms with van der Waals surface area (Å²) in [7, 11) is 1.84. The van der Waals surface area contributed by atoms with E-state index in [0.29, 0.717) is 17.9 Å². The van der Waals surface area contributed by atoms with E-state index in [2.05, 4.69) is 5.10 Å². The van der Waals surface area contributed by atoms with E-state index in [-0.39, 0.29) is 5.92 Å². The van der Waals surface area contributed by atoms with E-state index in [1.54, 1.807) is 11.6 Å². The SMILES string of the molecule is CCc1nn(C)c(CCC(C)C(=O)O)c1Cl. The third-order valence-corrected chi connectivity index (χ3v) is 3.17. The lowest BCUT2D eigenvalue weighted by molar-refractivity contribution is -0.141. The molecule has 0 aromatic carbocycles. The molecule has 0 aliphatic rings. The zero-order valence-electron chi connectivity index (χ0n) is 9.83. The Labute approximate surface area is 100 Å². The minimum Gasteiger partial charge on any atom is -0.481 e. The Morgan fingerprint density at radius 3 is 2.69 bits per heavy atom. The van der Waals surface area contributed by atoms with Gasteiger partial charge in [-0.3, -0.25) is 9.48 Å². The molecule has 1 aromatic rings. The van der Waals surface area contributed by atoms with Crippen molar-refractivity contribution >= 4 is 17.6 Å². The van der Waals surface area contributed by atoms with Gasteiger partial charge in [0.05, 0.1) is 22.3 Å². The van der Waals surface area contributed by atoms with Gasteiger partial charge in [-0.2, -0.15) is 5.10 Å². The van der Waals surface area contributed by atoms with Crippen LogP contribution in [0.25, 0.3) is 0 Å². The molecule has 1 atom stereocenters. The minimum absolute atomic E-state index is 0.351. The van der Waals surface area contributed by atoms with Gasteiger partial charge in [0.2, 0.25) is 0 Å². The van der Waals surface area contributed by atoms with Crippen LogP contribution in [-0.2, 0) is 24.7 Å². The van der Waals surface area contributed by atoms with Crippen molar-refractivity contribution in [1.82, 2.24) is 9.78 Å². The lowest BCUT2D eigenvalue weighted by atomic mass is 10.0. The summed E-state index contributed by atoms with van der Waals surface area (Å²) in [6.07, 6.45) is 2.02. The second kappa shape index (κ2) is 5.34. The van der Waals surface area contributed by atoms with Crippen molar-refractivity contribution in [2.75, 3.05) is 0 Å². The van der Waals surface area contributed by atoms with Gasteiger partial charge in [-0.05, 0) is 19.3 Å². The van der Waals surface area contributed by atoms with Crippen LogP contribution in [-0.4, -0.2) is 20.9 Å². The van der Waals surface area contributed by atoms with Gasteiger partial charge in [-0.25, -0.2) is 0 Å². The fourth-order valence-corrected chi connectivity index (χ4v) is 1.96. The average molecular weight is 245 g/mol. The van der Waals surface area contributed by atoms with Crippen LogP contribution in [0.4, 0.5) is 0 Å². The minimum atomic E-state index is -0.769. The van der Waals surface area contributed by atoms with Gasteiger partial charge in [0.1, 0.15) is 0 Å². The predicted molar refractivity (Wildman–Crippen MR) is 62.7 cm³/mol. The number of carboxylic acid groups (broad SMARTS) is 1. The molecule has 0 bridgehead atoms. The molecule has 0 spiro atoms. The Morgan fingerprint density at radius 2 is 2.25 bits per heavy atom. The van der Waals surface area contributed by atoms with Crippen molar-refractivity contribution in [3.8, 4) is 0 Å². The molecule has 0 aliphatic carbocycles. The molecule has 0 amide bonds. The first kappa shape index (κ1) is 13.0. The first-order valence-electron chi connectivity index (χ1n) is 5.40. The highest BCUT2D eigenvalue weighted by molar-refractivity contribution is 6.31. The van der Waals surface area contributed by atoms with E-state index in [9.17, 15) is 4.79 Å². The monoisotopic (exact) mass is 244 g/mol. The van der Waals surface area contributed by atoms with E-state index in [4.69, 9.17) is 16.7 Å². The smallest absolute Gasteiger partial charge is 0.306 e. The molecule has 90 valence electrons. The zero-order chi connectivity index (χ0) is 12.3. The highest BCUT2D eigenvalue weighted by Gasteiger charge is 2.16. The second-order valence-corrected chi connectivity index (χ2v) is 4.34. The Kier molecular flexibility index (Phi) is 4.35. The van der Waals surface area contributed by atoms with E-state index in [1.165, 1.54) is 0 Å². The molecule has 4 nitrogen and oxygen atoms in total. The molecule has 16 heavy (non-hydrogen) atoms. The van der Waals surface area contributed by atoms with Crippen molar-refractivity contribution in [3.05, 3.63) is 16.4 Å². The zero-order valence-corrected chi connectivity index (χ0v) is 10.6. The van der Waals surface area contributed by atoms with Gasteiger partial charge in [-0.1, -0.05) is 25.4 Å². The summed E-state index contributed by atoms with van der Waals surface area (Å²) in [6.45, 7) is 3.70. The van der Waals surface area contributed by atoms with Gasteiger partial charge in [0.25, 0.3) is 0 Å².